The van der Waals surface area contributed by atoms with Crippen molar-refractivity contribution >= 4 is 17.1 Å². The van der Waals surface area contributed by atoms with Crippen molar-refractivity contribution in [1.82, 2.24) is 0 Å². The van der Waals surface area contributed by atoms with Crippen LogP contribution in [0.25, 0.3) is 0 Å². The molecular formula is C11H14O3S. The largest absolute Gasteiger partial charge is 0.457 e. The van der Waals surface area contributed by atoms with E-state index in [1.165, 1.54) is 12.8 Å². The molecule has 1 aromatic heterocycles. The molecule has 1 heterocycles. The van der Waals surface area contributed by atoms with E-state index < -0.39 is 10.8 Å². The van der Waals surface area contributed by atoms with Gasteiger partial charge in [-0.2, -0.15) is 0 Å². The Labute approximate surface area is 91.3 Å². The van der Waals surface area contributed by atoms with Crippen molar-refractivity contribution in [2.24, 2.45) is 0 Å². The average Bonchev–Trinajstić information content (AvgIpc) is 2.87. The van der Waals surface area contributed by atoms with E-state index in [1.54, 1.807) is 12.1 Å². The Hall–Kier alpha value is -0.900. The second-order valence-electron chi connectivity index (χ2n) is 3.85. The fourth-order valence-electron chi connectivity index (χ4n) is 1.94. The van der Waals surface area contributed by atoms with Crippen LogP contribution in [-0.2, 0) is 16.6 Å². The smallest absolute Gasteiger partial charge is 0.185 e. The number of carbonyl (C=O) groups excluding carboxylic acids is 1. The zero-order chi connectivity index (χ0) is 10.7. The van der Waals surface area contributed by atoms with Crippen molar-refractivity contribution < 1.29 is 13.4 Å². The highest BCUT2D eigenvalue weighted by molar-refractivity contribution is 7.84. The lowest BCUT2D eigenvalue weighted by atomic mass is 10.4. The minimum Gasteiger partial charge on any atom is -0.457 e. The topological polar surface area (TPSA) is 47.3 Å². The van der Waals surface area contributed by atoms with Crippen molar-refractivity contribution in [3.05, 3.63) is 23.7 Å². The normalized spacial score (nSPS) is 19.2. The standard InChI is InChI=1S/C11H14O3S/c12-7-9-5-6-10(14-9)8-15(13)11-3-1-2-4-11/h5-7,11H,1-4,8H2. The number of hydrogen-bond acceptors (Lipinski definition) is 3. The molecule has 1 atom stereocenters. The molecule has 1 fully saturated rings. The van der Waals surface area contributed by atoms with Crippen LogP contribution in [0.4, 0.5) is 0 Å². The molecule has 0 aromatic carbocycles. The maximum Gasteiger partial charge on any atom is 0.185 e. The first-order chi connectivity index (χ1) is 7.29. The molecule has 1 aliphatic carbocycles. The van der Waals surface area contributed by atoms with Crippen molar-refractivity contribution in [1.29, 1.82) is 0 Å². The second-order valence-corrected chi connectivity index (χ2v) is 5.57. The first-order valence-corrected chi connectivity index (χ1v) is 6.59. The summed E-state index contributed by atoms with van der Waals surface area (Å²) >= 11 is 0. The van der Waals surface area contributed by atoms with Crippen LogP contribution in [0.5, 0.6) is 0 Å². The van der Waals surface area contributed by atoms with E-state index in [2.05, 4.69) is 0 Å². The van der Waals surface area contributed by atoms with E-state index >= 15 is 0 Å². The number of hydrogen-bond donors (Lipinski definition) is 0. The van der Waals surface area contributed by atoms with Crippen LogP contribution in [0.15, 0.2) is 16.5 Å². The van der Waals surface area contributed by atoms with Crippen LogP contribution in [0, 0.1) is 0 Å². The molecule has 0 aliphatic heterocycles. The van der Waals surface area contributed by atoms with E-state index in [0.717, 1.165) is 12.8 Å². The van der Waals surface area contributed by atoms with Gasteiger partial charge in [0.1, 0.15) is 5.76 Å². The highest BCUT2D eigenvalue weighted by Crippen LogP contribution is 2.24. The minimum atomic E-state index is -0.845. The zero-order valence-corrected chi connectivity index (χ0v) is 9.29. The number of furan rings is 1. The molecule has 0 bridgehead atoms. The van der Waals surface area contributed by atoms with Crippen LogP contribution in [0.2, 0.25) is 0 Å². The Bertz CT molecular complexity index is 364. The van der Waals surface area contributed by atoms with Gasteiger partial charge in [0.25, 0.3) is 0 Å². The molecule has 1 unspecified atom stereocenters. The van der Waals surface area contributed by atoms with Crippen molar-refractivity contribution in [3.8, 4) is 0 Å². The SMILES string of the molecule is O=Cc1ccc(CS(=O)C2CCCC2)o1. The van der Waals surface area contributed by atoms with Gasteiger partial charge >= 0.3 is 0 Å². The Morgan fingerprint density at radius 3 is 2.73 bits per heavy atom. The Balaban J connectivity index is 1.95. The van der Waals surface area contributed by atoms with E-state index in [1.807, 2.05) is 0 Å². The van der Waals surface area contributed by atoms with E-state index in [4.69, 9.17) is 4.42 Å². The summed E-state index contributed by atoms with van der Waals surface area (Å²) in [6.45, 7) is 0. The third kappa shape index (κ3) is 2.56. The Kier molecular flexibility index (Phi) is 3.36. The first kappa shape index (κ1) is 10.6. The van der Waals surface area contributed by atoms with Gasteiger partial charge < -0.3 is 4.42 Å². The van der Waals surface area contributed by atoms with Gasteiger partial charge in [0.15, 0.2) is 12.0 Å². The molecule has 15 heavy (non-hydrogen) atoms. The molecule has 0 N–H and O–H groups in total. The number of carbonyl (C=O) groups is 1. The lowest BCUT2D eigenvalue weighted by Crippen LogP contribution is -2.11. The van der Waals surface area contributed by atoms with Crippen LogP contribution in [-0.4, -0.2) is 15.7 Å². The van der Waals surface area contributed by atoms with Gasteiger partial charge in [-0.15, -0.1) is 0 Å². The van der Waals surface area contributed by atoms with Crippen LogP contribution in [0.1, 0.15) is 42.0 Å². The molecule has 0 amide bonds. The summed E-state index contributed by atoms with van der Waals surface area (Å²) in [4.78, 5) is 10.4. The van der Waals surface area contributed by atoms with Crippen LogP contribution in [0.3, 0.4) is 0 Å². The maximum absolute atomic E-state index is 11.9. The summed E-state index contributed by atoms with van der Waals surface area (Å²) < 4.78 is 17.1. The van der Waals surface area contributed by atoms with Gasteiger partial charge in [0.2, 0.25) is 0 Å². The van der Waals surface area contributed by atoms with E-state index in [0.29, 0.717) is 28.8 Å². The third-order valence-electron chi connectivity index (χ3n) is 2.76. The molecular weight excluding hydrogens is 212 g/mol. The number of aldehydes is 1. The summed E-state index contributed by atoms with van der Waals surface area (Å²) in [5, 5.41) is 0.329. The lowest BCUT2D eigenvalue weighted by Gasteiger charge is -2.06. The van der Waals surface area contributed by atoms with Gasteiger partial charge in [-0.05, 0) is 25.0 Å². The lowest BCUT2D eigenvalue weighted by molar-refractivity contribution is 0.109. The maximum atomic E-state index is 11.9. The van der Waals surface area contributed by atoms with Crippen molar-refractivity contribution in [2.45, 2.75) is 36.7 Å². The van der Waals surface area contributed by atoms with Gasteiger partial charge in [0, 0.05) is 16.0 Å². The molecule has 1 saturated carbocycles. The molecule has 0 radical (unpaired) electrons. The fourth-order valence-corrected chi connectivity index (χ4v) is 3.48. The highest BCUT2D eigenvalue weighted by atomic mass is 32.2. The first-order valence-electron chi connectivity index (χ1n) is 5.20. The van der Waals surface area contributed by atoms with Crippen molar-refractivity contribution in [2.75, 3.05) is 0 Å². The predicted octanol–water partition coefficient (Wildman–Crippen LogP) is 2.28. The van der Waals surface area contributed by atoms with Crippen molar-refractivity contribution in [3.63, 3.8) is 0 Å². The summed E-state index contributed by atoms with van der Waals surface area (Å²) in [7, 11) is -0.845. The minimum absolute atomic E-state index is 0.313. The van der Waals surface area contributed by atoms with Gasteiger partial charge in [0.05, 0.1) is 5.75 Å². The summed E-state index contributed by atoms with van der Waals surface area (Å²) in [6.07, 6.45) is 5.17. The van der Waals surface area contributed by atoms with Crippen LogP contribution < -0.4 is 0 Å². The van der Waals surface area contributed by atoms with Gasteiger partial charge in [-0.1, -0.05) is 12.8 Å². The molecule has 4 heteroatoms. The molecule has 2 rings (SSSR count). The van der Waals surface area contributed by atoms with Crippen LogP contribution >= 0.6 is 0 Å². The van der Waals surface area contributed by atoms with Gasteiger partial charge in [-0.3, -0.25) is 9.00 Å². The van der Waals surface area contributed by atoms with Gasteiger partial charge in [-0.25, -0.2) is 0 Å². The summed E-state index contributed by atoms with van der Waals surface area (Å²) in [5.41, 5.74) is 0. The highest BCUT2D eigenvalue weighted by Gasteiger charge is 2.22. The number of rotatable bonds is 4. The second kappa shape index (κ2) is 4.75. The van der Waals surface area contributed by atoms with E-state index in [-0.39, 0.29) is 0 Å². The zero-order valence-electron chi connectivity index (χ0n) is 8.48. The summed E-state index contributed by atoms with van der Waals surface area (Å²) in [5.74, 6) is 1.41. The molecule has 1 aromatic rings. The Morgan fingerprint density at radius 1 is 1.40 bits per heavy atom. The fraction of sp³-hybridized carbons (Fsp3) is 0.545. The molecule has 0 saturated heterocycles. The average molecular weight is 226 g/mol. The molecule has 1 aliphatic rings. The van der Waals surface area contributed by atoms with E-state index in [9.17, 15) is 9.00 Å². The molecule has 3 nitrogen and oxygen atoms in total. The third-order valence-corrected chi connectivity index (χ3v) is 4.54. The predicted molar refractivity (Wildman–Crippen MR) is 58.2 cm³/mol. The molecule has 82 valence electrons. The Morgan fingerprint density at radius 2 is 2.13 bits per heavy atom. The monoisotopic (exact) mass is 226 g/mol. The quantitative estimate of drug-likeness (QED) is 0.740. The molecule has 0 spiro atoms. The summed E-state index contributed by atoms with van der Waals surface area (Å²) in [6, 6.07) is 3.35.